The molecule has 1 unspecified atom stereocenters. The van der Waals surface area contributed by atoms with E-state index in [2.05, 4.69) is 0 Å². The lowest BCUT2D eigenvalue weighted by molar-refractivity contribution is 0.0873. The summed E-state index contributed by atoms with van der Waals surface area (Å²) < 4.78 is 38.9. The lowest BCUT2D eigenvalue weighted by Gasteiger charge is -2.28. The normalized spacial score (nSPS) is 16.8. The molecule has 0 saturated heterocycles. The SMILES string of the molecule is NCCC1COc2cccc(-c3cc(F)ccc3F)c2O1. The molecule has 3 nitrogen and oxygen atoms in total. The number of benzene rings is 2. The van der Waals surface area contributed by atoms with Gasteiger partial charge in [0.1, 0.15) is 24.3 Å². The minimum absolute atomic E-state index is 0.156. The Hall–Kier alpha value is -2.14. The number of para-hydroxylation sites is 1. The van der Waals surface area contributed by atoms with E-state index in [-0.39, 0.29) is 11.7 Å². The predicted molar refractivity (Wildman–Crippen MR) is 75.4 cm³/mol. The lowest BCUT2D eigenvalue weighted by atomic mass is 10.0. The molecule has 2 aromatic rings. The van der Waals surface area contributed by atoms with Gasteiger partial charge in [-0.2, -0.15) is 0 Å². The Morgan fingerprint density at radius 3 is 2.81 bits per heavy atom. The number of fused-ring (bicyclic) bond motifs is 1. The molecule has 2 N–H and O–H groups in total. The van der Waals surface area contributed by atoms with Crippen LogP contribution in [0.15, 0.2) is 36.4 Å². The molecule has 1 aliphatic rings. The van der Waals surface area contributed by atoms with Crippen molar-refractivity contribution in [1.29, 1.82) is 0 Å². The van der Waals surface area contributed by atoms with E-state index < -0.39 is 11.6 Å². The fourth-order valence-electron chi connectivity index (χ4n) is 2.38. The summed E-state index contributed by atoms with van der Waals surface area (Å²) in [6.45, 7) is 0.874. The van der Waals surface area contributed by atoms with E-state index in [0.717, 1.165) is 18.2 Å². The van der Waals surface area contributed by atoms with Crippen LogP contribution in [-0.4, -0.2) is 19.3 Å². The maximum Gasteiger partial charge on any atom is 0.169 e. The van der Waals surface area contributed by atoms with Crippen molar-refractivity contribution in [2.24, 2.45) is 5.73 Å². The third-order valence-electron chi connectivity index (χ3n) is 3.40. The molecule has 5 heteroatoms. The number of halogens is 2. The fourth-order valence-corrected chi connectivity index (χ4v) is 2.38. The lowest BCUT2D eigenvalue weighted by Crippen LogP contribution is -2.31. The van der Waals surface area contributed by atoms with Crippen LogP contribution in [0.3, 0.4) is 0 Å². The molecule has 0 bridgehead atoms. The summed E-state index contributed by atoms with van der Waals surface area (Å²) in [5.41, 5.74) is 6.16. The molecule has 0 aliphatic carbocycles. The van der Waals surface area contributed by atoms with Crippen LogP contribution < -0.4 is 15.2 Å². The summed E-state index contributed by atoms with van der Waals surface area (Å²) in [5.74, 6) is -0.0373. The Balaban J connectivity index is 2.06. The van der Waals surface area contributed by atoms with Crippen molar-refractivity contribution < 1.29 is 18.3 Å². The zero-order chi connectivity index (χ0) is 14.8. The third-order valence-corrected chi connectivity index (χ3v) is 3.40. The number of hydrogen-bond donors (Lipinski definition) is 1. The van der Waals surface area contributed by atoms with Gasteiger partial charge in [-0.3, -0.25) is 0 Å². The molecular weight excluding hydrogens is 276 g/mol. The Labute approximate surface area is 121 Å². The van der Waals surface area contributed by atoms with Gasteiger partial charge in [0.25, 0.3) is 0 Å². The Morgan fingerprint density at radius 1 is 1.14 bits per heavy atom. The van der Waals surface area contributed by atoms with Gasteiger partial charge in [-0.1, -0.05) is 12.1 Å². The minimum atomic E-state index is -0.505. The second-order valence-electron chi connectivity index (χ2n) is 4.89. The number of hydrogen-bond acceptors (Lipinski definition) is 3. The van der Waals surface area contributed by atoms with Crippen LogP contribution in [0.1, 0.15) is 6.42 Å². The maximum atomic E-state index is 14.0. The summed E-state index contributed by atoms with van der Waals surface area (Å²) in [7, 11) is 0. The van der Waals surface area contributed by atoms with E-state index in [0.29, 0.717) is 36.6 Å². The Bertz CT molecular complexity index is 661. The first-order valence-electron chi connectivity index (χ1n) is 6.77. The maximum absolute atomic E-state index is 14.0. The number of ether oxygens (including phenoxy) is 2. The average molecular weight is 291 g/mol. The zero-order valence-corrected chi connectivity index (χ0v) is 11.3. The van der Waals surface area contributed by atoms with Crippen LogP contribution >= 0.6 is 0 Å². The zero-order valence-electron chi connectivity index (χ0n) is 11.3. The van der Waals surface area contributed by atoms with Gasteiger partial charge in [0.15, 0.2) is 11.5 Å². The van der Waals surface area contributed by atoms with E-state index >= 15 is 0 Å². The van der Waals surface area contributed by atoms with Gasteiger partial charge in [-0.25, -0.2) is 8.78 Å². The van der Waals surface area contributed by atoms with Gasteiger partial charge in [0.05, 0.1) is 0 Å². The highest BCUT2D eigenvalue weighted by atomic mass is 19.1. The van der Waals surface area contributed by atoms with E-state index in [1.54, 1.807) is 18.2 Å². The molecule has 21 heavy (non-hydrogen) atoms. The molecule has 1 aliphatic heterocycles. The molecule has 110 valence electrons. The van der Waals surface area contributed by atoms with Crippen molar-refractivity contribution in [3.05, 3.63) is 48.0 Å². The quantitative estimate of drug-likeness (QED) is 0.945. The summed E-state index contributed by atoms with van der Waals surface area (Å²) in [6, 6.07) is 8.50. The average Bonchev–Trinajstić information content (AvgIpc) is 2.49. The van der Waals surface area contributed by atoms with E-state index in [4.69, 9.17) is 15.2 Å². The first kappa shape index (κ1) is 13.8. The molecule has 0 spiro atoms. The summed E-state index contributed by atoms with van der Waals surface area (Å²) in [4.78, 5) is 0. The van der Waals surface area contributed by atoms with Gasteiger partial charge in [-0.05, 0) is 37.2 Å². The van der Waals surface area contributed by atoms with Crippen molar-refractivity contribution in [1.82, 2.24) is 0 Å². The van der Waals surface area contributed by atoms with Gasteiger partial charge in [-0.15, -0.1) is 0 Å². The smallest absolute Gasteiger partial charge is 0.169 e. The van der Waals surface area contributed by atoms with Crippen LogP contribution in [0.2, 0.25) is 0 Å². The van der Waals surface area contributed by atoms with Crippen LogP contribution in [0.5, 0.6) is 11.5 Å². The standard InChI is InChI=1S/C16H15F2NO2/c17-10-4-5-14(18)13(8-10)12-2-1-3-15-16(12)21-11(6-7-19)9-20-15/h1-5,8,11H,6-7,9,19H2. The van der Waals surface area contributed by atoms with Crippen molar-refractivity contribution in [3.63, 3.8) is 0 Å². The van der Waals surface area contributed by atoms with Gasteiger partial charge in [0, 0.05) is 11.1 Å². The van der Waals surface area contributed by atoms with Crippen molar-refractivity contribution in [3.8, 4) is 22.6 Å². The molecule has 0 amide bonds. The first-order valence-corrected chi connectivity index (χ1v) is 6.77. The monoisotopic (exact) mass is 291 g/mol. The highest BCUT2D eigenvalue weighted by molar-refractivity contribution is 5.74. The molecular formula is C16H15F2NO2. The largest absolute Gasteiger partial charge is 0.486 e. The summed E-state index contributed by atoms with van der Waals surface area (Å²) in [6.07, 6.45) is 0.458. The highest BCUT2D eigenvalue weighted by Crippen LogP contribution is 2.42. The predicted octanol–water partition coefficient (Wildman–Crippen LogP) is 3.12. The van der Waals surface area contributed by atoms with Crippen LogP contribution in [0.4, 0.5) is 8.78 Å². The molecule has 3 rings (SSSR count). The third kappa shape index (κ3) is 2.69. The molecule has 0 fully saturated rings. The van der Waals surface area contributed by atoms with Gasteiger partial charge < -0.3 is 15.2 Å². The molecule has 0 saturated carbocycles. The highest BCUT2D eigenvalue weighted by Gasteiger charge is 2.24. The van der Waals surface area contributed by atoms with E-state index in [1.807, 2.05) is 0 Å². The second kappa shape index (κ2) is 5.69. The molecule has 1 atom stereocenters. The van der Waals surface area contributed by atoms with Gasteiger partial charge in [0.2, 0.25) is 0 Å². The van der Waals surface area contributed by atoms with Crippen LogP contribution in [0, 0.1) is 11.6 Å². The minimum Gasteiger partial charge on any atom is -0.486 e. The molecule has 0 radical (unpaired) electrons. The van der Waals surface area contributed by atoms with Crippen LogP contribution in [0.25, 0.3) is 11.1 Å². The van der Waals surface area contributed by atoms with Crippen molar-refractivity contribution >= 4 is 0 Å². The van der Waals surface area contributed by atoms with Crippen molar-refractivity contribution in [2.75, 3.05) is 13.2 Å². The fraction of sp³-hybridized carbons (Fsp3) is 0.250. The Kier molecular flexibility index (Phi) is 3.75. The summed E-state index contributed by atoms with van der Waals surface area (Å²) in [5, 5.41) is 0. The Morgan fingerprint density at radius 2 is 2.00 bits per heavy atom. The number of nitrogens with two attached hydrogens (primary N) is 1. The first-order chi connectivity index (χ1) is 10.2. The van der Waals surface area contributed by atoms with Crippen LogP contribution in [-0.2, 0) is 0 Å². The molecule has 0 aromatic heterocycles. The number of rotatable bonds is 3. The van der Waals surface area contributed by atoms with E-state index in [1.165, 1.54) is 0 Å². The topological polar surface area (TPSA) is 44.5 Å². The summed E-state index contributed by atoms with van der Waals surface area (Å²) >= 11 is 0. The molecule has 2 aromatic carbocycles. The van der Waals surface area contributed by atoms with E-state index in [9.17, 15) is 8.78 Å². The molecule has 1 heterocycles. The van der Waals surface area contributed by atoms with Gasteiger partial charge >= 0.3 is 0 Å². The second-order valence-corrected chi connectivity index (χ2v) is 4.89. The van der Waals surface area contributed by atoms with Crippen molar-refractivity contribution in [2.45, 2.75) is 12.5 Å².